The molecule has 0 aliphatic heterocycles. The van der Waals surface area contributed by atoms with Gasteiger partial charge in [-0.25, -0.2) is 9.97 Å². The molecular weight excluding hydrogens is 464 g/mol. The molecule has 0 spiro atoms. The summed E-state index contributed by atoms with van der Waals surface area (Å²) >= 11 is 1.40. The predicted octanol–water partition coefficient (Wildman–Crippen LogP) is 3.16. The van der Waals surface area contributed by atoms with E-state index in [-0.39, 0.29) is 24.5 Å². The molecule has 9 nitrogen and oxygen atoms in total. The van der Waals surface area contributed by atoms with Gasteiger partial charge in [-0.05, 0) is 48.6 Å². The number of anilines is 1. The van der Waals surface area contributed by atoms with Crippen molar-refractivity contribution in [1.82, 2.24) is 25.0 Å². The van der Waals surface area contributed by atoms with Gasteiger partial charge in [-0.3, -0.25) is 14.0 Å². The van der Waals surface area contributed by atoms with Crippen molar-refractivity contribution in [3.63, 3.8) is 0 Å². The number of imidazole rings is 1. The fourth-order valence-corrected chi connectivity index (χ4v) is 4.95. The van der Waals surface area contributed by atoms with Gasteiger partial charge in [0.05, 0.1) is 34.1 Å². The number of benzene rings is 1. The van der Waals surface area contributed by atoms with Gasteiger partial charge < -0.3 is 21.5 Å². The molecule has 5 N–H and O–H groups in total. The molecule has 0 radical (unpaired) electrons. The number of aliphatic hydroxyl groups excluding tert-OH is 1. The highest BCUT2D eigenvalue weighted by molar-refractivity contribution is 7.22. The van der Waals surface area contributed by atoms with Gasteiger partial charge in [0.2, 0.25) is 0 Å². The van der Waals surface area contributed by atoms with Gasteiger partial charge in [-0.15, -0.1) is 0 Å². The second-order valence-electron chi connectivity index (χ2n) is 8.90. The Labute approximate surface area is 207 Å². The minimum absolute atomic E-state index is 0.143. The fraction of sp³-hybridized carbons (Fsp3) is 0.360. The van der Waals surface area contributed by atoms with Crippen molar-refractivity contribution in [1.29, 1.82) is 0 Å². The summed E-state index contributed by atoms with van der Waals surface area (Å²) in [6.45, 7) is 6.18. The van der Waals surface area contributed by atoms with Crippen LogP contribution in [0.25, 0.3) is 15.9 Å². The van der Waals surface area contributed by atoms with E-state index in [2.05, 4.69) is 20.6 Å². The number of nitrogens with two attached hydrogens (primary N) is 1. The standard InChI is InChI=1S/C25H30N6O3S/c1-4-18-21(24(34)28-16(13-32)10-14(2)3)31-9-5-6-17(22(31)29-18)23(33)27-12-15-7-8-19-20(11-15)35-25(26)30-19/h5-9,11,14,16,32H,4,10,12-13H2,1-3H3,(H2,26,30)(H,27,33)(H,28,34)/t16-/m0/s1. The van der Waals surface area contributed by atoms with Gasteiger partial charge in [0.25, 0.3) is 11.8 Å². The van der Waals surface area contributed by atoms with Crippen LogP contribution >= 0.6 is 11.3 Å². The lowest BCUT2D eigenvalue weighted by molar-refractivity contribution is 0.0899. The van der Waals surface area contributed by atoms with Crippen molar-refractivity contribution in [3.8, 4) is 0 Å². The Morgan fingerprint density at radius 2 is 2.00 bits per heavy atom. The maximum atomic E-state index is 13.2. The lowest BCUT2D eigenvalue weighted by Crippen LogP contribution is -2.39. The van der Waals surface area contributed by atoms with Crippen LogP contribution < -0.4 is 16.4 Å². The lowest BCUT2D eigenvalue weighted by atomic mass is 10.0. The summed E-state index contributed by atoms with van der Waals surface area (Å²) in [5.41, 5.74) is 9.32. The summed E-state index contributed by atoms with van der Waals surface area (Å²) < 4.78 is 2.62. The number of carbonyl (C=O) groups is 2. The normalized spacial score (nSPS) is 12.4. The molecule has 2 amide bonds. The average Bonchev–Trinajstić information content (AvgIpc) is 3.40. The van der Waals surface area contributed by atoms with E-state index in [1.807, 2.05) is 39.0 Å². The van der Waals surface area contributed by atoms with Crippen molar-refractivity contribution in [3.05, 3.63) is 59.0 Å². The van der Waals surface area contributed by atoms with E-state index in [1.165, 1.54) is 11.3 Å². The summed E-state index contributed by atoms with van der Waals surface area (Å²) in [5.74, 6) is -0.277. The smallest absolute Gasteiger partial charge is 0.270 e. The van der Waals surface area contributed by atoms with Crippen molar-refractivity contribution >= 4 is 44.1 Å². The van der Waals surface area contributed by atoms with Crippen molar-refractivity contribution in [2.75, 3.05) is 12.3 Å². The topological polar surface area (TPSA) is 135 Å². The lowest BCUT2D eigenvalue weighted by Gasteiger charge is -2.18. The number of nitrogens with one attached hydrogen (secondary N) is 2. The summed E-state index contributed by atoms with van der Waals surface area (Å²) in [5, 5.41) is 16.1. The van der Waals surface area contributed by atoms with Crippen LogP contribution in [0.1, 0.15) is 59.3 Å². The van der Waals surface area contributed by atoms with Crippen molar-refractivity contribution in [2.45, 2.75) is 46.2 Å². The zero-order chi connectivity index (χ0) is 25.1. The molecule has 10 heteroatoms. The summed E-state index contributed by atoms with van der Waals surface area (Å²) in [4.78, 5) is 35.1. The Hall–Kier alpha value is -3.50. The Balaban J connectivity index is 1.58. The molecule has 4 rings (SSSR count). The Bertz CT molecular complexity index is 1380. The second kappa shape index (κ2) is 10.4. The van der Waals surface area contributed by atoms with Gasteiger partial charge in [0.15, 0.2) is 10.8 Å². The van der Waals surface area contributed by atoms with Crippen LogP contribution in [-0.2, 0) is 13.0 Å². The molecular formula is C25H30N6O3S. The first kappa shape index (κ1) is 24.6. The average molecular weight is 495 g/mol. The largest absolute Gasteiger partial charge is 0.394 e. The third kappa shape index (κ3) is 5.28. The van der Waals surface area contributed by atoms with Crippen molar-refractivity contribution in [2.24, 2.45) is 5.92 Å². The van der Waals surface area contributed by atoms with Crippen LogP contribution in [0.5, 0.6) is 0 Å². The monoisotopic (exact) mass is 494 g/mol. The van der Waals surface area contributed by atoms with Gasteiger partial charge in [0, 0.05) is 12.7 Å². The molecule has 184 valence electrons. The first-order valence-corrected chi connectivity index (χ1v) is 12.5. The summed E-state index contributed by atoms with van der Waals surface area (Å²) in [7, 11) is 0. The zero-order valence-corrected chi connectivity index (χ0v) is 20.9. The first-order valence-electron chi connectivity index (χ1n) is 11.7. The minimum atomic E-state index is -0.351. The van der Waals surface area contributed by atoms with E-state index < -0.39 is 0 Å². The minimum Gasteiger partial charge on any atom is -0.394 e. The van der Waals surface area contributed by atoms with Crippen LogP contribution in [0.4, 0.5) is 5.13 Å². The van der Waals surface area contributed by atoms with Gasteiger partial charge >= 0.3 is 0 Å². The number of aryl methyl sites for hydroxylation is 1. The molecule has 0 unspecified atom stereocenters. The molecule has 1 atom stereocenters. The number of nitrogen functional groups attached to an aromatic ring is 1. The molecule has 0 bridgehead atoms. The Morgan fingerprint density at radius 3 is 2.71 bits per heavy atom. The molecule has 1 aromatic carbocycles. The number of hydrogen-bond donors (Lipinski definition) is 4. The Morgan fingerprint density at radius 1 is 1.20 bits per heavy atom. The highest BCUT2D eigenvalue weighted by atomic mass is 32.1. The fourth-order valence-electron chi connectivity index (χ4n) is 4.16. The molecule has 35 heavy (non-hydrogen) atoms. The third-order valence-electron chi connectivity index (χ3n) is 5.75. The van der Waals surface area contributed by atoms with E-state index in [1.54, 1.807) is 22.7 Å². The van der Waals surface area contributed by atoms with Gasteiger partial charge in [-0.1, -0.05) is 38.2 Å². The summed E-state index contributed by atoms with van der Waals surface area (Å²) in [6.07, 6.45) is 2.91. The van der Waals surface area contributed by atoms with E-state index in [0.29, 0.717) is 53.0 Å². The molecule has 0 aliphatic carbocycles. The number of carbonyl (C=O) groups excluding carboxylic acids is 2. The molecule has 3 heterocycles. The molecule has 4 aromatic rings. The van der Waals surface area contributed by atoms with Gasteiger partial charge in [0.1, 0.15) is 5.69 Å². The number of nitrogens with zero attached hydrogens (tertiary/aromatic N) is 3. The maximum absolute atomic E-state index is 13.2. The second-order valence-corrected chi connectivity index (χ2v) is 9.96. The van der Waals surface area contributed by atoms with E-state index in [4.69, 9.17) is 5.73 Å². The van der Waals surface area contributed by atoms with Crippen LogP contribution in [0.2, 0.25) is 0 Å². The van der Waals surface area contributed by atoms with Crippen molar-refractivity contribution < 1.29 is 14.7 Å². The SMILES string of the molecule is CCc1nc2c(C(=O)NCc3ccc4nc(N)sc4c3)cccn2c1C(=O)N[C@H](CO)CC(C)C. The Kier molecular flexibility index (Phi) is 7.32. The third-order valence-corrected chi connectivity index (χ3v) is 6.60. The van der Waals surface area contributed by atoms with E-state index >= 15 is 0 Å². The van der Waals surface area contributed by atoms with Crippen LogP contribution in [0.15, 0.2) is 36.5 Å². The number of aromatic nitrogens is 3. The van der Waals surface area contributed by atoms with E-state index in [0.717, 1.165) is 15.8 Å². The number of pyridine rings is 1. The highest BCUT2D eigenvalue weighted by Crippen LogP contribution is 2.25. The maximum Gasteiger partial charge on any atom is 0.270 e. The predicted molar refractivity (Wildman–Crippen MR) is 138 cm³/mol. The molecule has 0 saturated heterocycles. The first-order chi connectivity index (χ1) is 16.8. The van der Waals surface area contributed by atoms with Gasteiger partial charge in [-0.2, -0.15) is 0 Å². The molecule has 0 aliphatic rings. The summed E-state index contributed by atoms with van der Waals surface area (Å²) in [6, 6.07) is 8.83. The van der Waals surface area contributed by atoms with E-state index in [9.17, 15) is 14.7 Å². The van der Waals surface area contributed by atoms with Crippen LogP contribution in [-0.4, -0.2) is 43.9 Å². The number of hydrogen-bond acceptors (Lipinski definition) is 7. The van der Waals surface area contributed by atoms with Crippen LogP contribution in [0.3, 0.4) is 0 Å². The quantitative estimate of drug-likeness (QED) is 0.282. The number of rotatable bonds is 9. The molecule has 3 aromatic heterocycles. The highest BCUT2D eigenvalue weighted by Gasteiger charge is 2.24. The zero-order valence-electron chi connectivity index (χ0n) is 20.0. The number of amides is 2. The number of aliphatic hydroxyl groups is 1. The van der Waals surface area contributed by atoms with Crippen LogP contribution in [0, 0.1) is 5.92 Å². The molecule has 0 saturated carbocycles. The molecule has 0 fully saturated rings. The number of thiazole rings is 1. The number of fused-ring (bicyclic) bond motifs is 2.